The third-order valence-corrected chi connectivity index (χ3v) is 6.24. The van der Waals surface area contributed by atoms with Crippen molar-refractivity contribution in [2.75, 3.05) is 43.4 Å². The number of furan rings is 1. The lowest BCUT2D eigenvalue weighted by Crippen LogP contribution is -2.35. The second-order valence-electron chi connectivity index (χ2n) is 8.60. The highest BCUT2D eigenvalue weighted by molar-refractivity contribution is 5.89. The van der Waals surface area contributed by atoms with Crippen molar-refractivity contribution in [2.45, 2.75) is 38.5 Å². The minimum atomic E-state index is -0.667. The number of rotatable bonds is 4. The first kappa shape index (κ1) is 21.2. The molecule has 2 aromatic rings. The number of nitrogens with one attached hydrogen (secondary N) is 1. The fourth-order valence-corrected chi connectivity index (χ4v) is 4.22. The molecule has 0 spiro atoms. The Morgan fingerprint density at radius 3 is 2.58 bits per heavy atom. The lowest BCUT2D eigenvalue weighted by molar-refractivity contribution is 0.202. The van der Waals surface area contributed by atoms with Crippen LogP contribution in [0.1, 0.15) is 50.0 Å². The number of hydrogen-bond acceptors (Lipinski definition) is 7. The zero-order chi connectivity index (χ0) is 21.8. The molecule has 0 unspecified atom stereocenters. The van der Waals surface area contributed by atoms with Crippen molar-refractivity contribution in [1.82, 2.24) is 9.88 Å². The summed E-state index contributed by atoms with van der Waals surface area (Å²) in [6.45, 7) is 6.25. The van der Waals surface area contributed by atoms with Crippen LogP contribution in [0.4, 0.5) is 16.3 Å². The van der Waals surface area contributed by atoms with Crippen LogP contribution in [0.2, 0.25) is 0 Å². The maximum atomic E-state index is 12.5. The maximum Gasteiger partial charge on any atom is 0.419 e. The van der Waals surface area contributed by atoms with Crippen LogP contribution in [0, 0.1) is 17.2 Å². The molecular formula is C23H29N5O3. The van der Waals surface area contributed by atoms with E-state index in [1.807, 2.05) is 18.2 Å². The lowest BCUT2D eigenvalue weighted by atomic mass is 9.93. The summed E-state index contributed by atoms with van der Waals surface area (Å²) >= 11 is 0. The number of ether oxygens (including phenoxy) is 1. The number of carbonyl (C=O) groups is 1. The number of carbonyl (C=O) groups excluding carboxylic acids is 1. The largest absolute Gasteiger partial charge is 0.419 e. The first-order chi connectivity index (χ1) is 15.0. The summed E-state index contributed by atoms with van der Waals surface area (Å²) in [5, 5.41) is 11.7. The Kier molecular flexibility index (Phi) is 6.42. The van der Waals surface area contributed by atoms with Gasteiger partial charge in [-0.1, -0.05) is 6.92 Å². The molecular weight excluding hydrogens is 394 g/mol. The molecule has 2 saturated heterocycles. The minimum Gasteiger partial charge on any atom is -0.414 e. The summed E-state index contributed by atoms with van der Waals surface area (Å²) in [4.78, 5) is 22.1. The number of amides is 1. The van der Waals surface area contributed by atoms with Crippen molar-refractivity contribution < 1.29 is 13.9 Å². The fourth-order valence-electron chi connectivity index (χ4n) is 4.22. The van der Waals surface area contributed by atoms with E-state index >= 15 is 0 Å². The zero-order valence-electron chi connectivity index (χ0n) is 18.1. The third kappa shape index (κ3) is 5.17. The molecule has 0 aromatic carbocycles. The number of hydrogen-bond donors (Lipinski definition) is 1. The van der Waals surface area contributed by atoms with Gasteiger partial charge < -0.3 is 19.0 Å². The number of likely N-dealkylation sites (tertiary alicyclic amines) is 1. The van der Waals surface area contributed by atoms with E-state index in [2.05, 4.69) is 29.1 Å². The van der Waals surface area contributed by atoms with Gasteiger partial charge in [-0.3, -0.25) is 5.32 Å². The summed E-state index contributed by atoms with van der Waals surface area (Å²) in [5.74, 6) is 2.01. The molecule has 8 heteroatoms. The summed E-state index contributed by atoms with van der Waals surface area (Å²) < 4.78 is 10.3. The van der Waals surface area contributed by atoms with Crippen LogP contribution in [0.25, 0.3) is 0 Å². The number of nitriles is 1. The van der Waals surface area contributed by atoms with Crippen LogP contribution in [0.5, 0.6) is 5.95 Å². The topological polar surface area (TPSA) is 94.6 Å². The summed E-state index contributed by atoms with van der Waals surface area (Å²) in [6.07, 6.45) is 3.73. The molecule has 1 N–H and O–H groups in total. The van der Waals surface area contributed by atoms with Gasteiger partial charge in [0.1, 0.15) is 6.07 Å². The van der Waals surface area contributed by atoms with Gasteiger partial charge >= 0.3 is 6.09 Å². The quantitative estimate of drug-likeness (QED) is 0.787. The second kappa shape index (κ2) is 9.40. The molecule has 4 heterocycles. The zero-order valence-corrected chi connectivity index (χ0v) is 18.1. The van der Waals surface area contributed by atoms with Gasteiger partial charge in [0.25, 0.3) is 5.95 Å². The highest BCUT2D eigenvalue weighted by Gasteiger charge is 2.25. The van der Waals surface area contributed by atoms with Gasteiger partial charge in [0.15, 0.2) is 5.82 Å². The Hall–Kier alpha value is -3.05. The summed E-state index contributed by atoms with van der Waals surface area (Å²) in [6, 6.07) is 8.72. The number of piperidine rings is 2. The molecule has 2 aromatic heterocycles. The molecule has 8 nitrogen and oxygen atoms in total. The van der Waals surface area contributed by atoms with Crippen molar-refractivity contribution in [2.24, 2.45) is 5.92 Å². The van der Waals surface area contributed by atoms with Gasteiger partial charge in [0.05, 0.1) is 5.69 Å². The highest BCUT2D eigenvalue weighted by atomic mass is 16.6. The highest BCUT2D eigenvalue weighted by Crippen LogP contribution is 2.33. The molecule has 164 valence electrons. The Labute approximate surface area is 182 Å². The predicted octanol–water partition coefficient (Wildman–Crippen LogP) is 4.20. The predicted molar refractivity (Wildman–Crippen MR) is 117 cm³/mol. The molecule has 2 fully saturated rings. The van der Waals surface area contributed by atoms with Crippen LogP contribution in [0.15, 0.2) is 28.7 Å². The first-order valence-corrected chi connectivity index (χ1v) is 10.9. The van der Waals surface area contributed by atoms with Gasteiger partial charge in [-0.25, -0.2) is 9.78 Å². The van der Waals surface area contributed by atoms with Gasteiger partial charge in [-0.05, 0) is 69.9 Å². The van der Waals surface area contributed by atoms with Crippen LogP contribution in [-0.2, 0) is 0 Å². The summed E-state index contributed by atoms with van der Waals surface area (Å²) in [5.41, 5.74) is 1.72. The number of nitrogens with zero attached hydrogens (tertiary/aromatic N) is 4. The van der Waals surface area contributed by atoms with E-state index in [4.69, 9.17) is 19.4 Å². The van der Waals surface area contributed by atoms with Gasteiger partial charge in [0, 0.05) is 30.8 Å². The lowest BCUT2D eigenvalue weighted by Gasteiger charge is -2.34. The molecule has 2 aliphatic rings. The van der Waals surface area contributed by atoms with Gasteiger partial charge in [0.2, 0.25) is 5.76 Å². The molecule has 4 rings (SSSR count). The van der Waals surface area contributed by atoms with E-state index in [9.17, 15) is 4.79 Å². The Morgan fingerprint density at radius 2 is 1.90 bits per heavy atom. The van der Waals surface area contributed by atoms with E-state index in [1.54, 1.807) is 0 Å². The van der Waals surface area contributed by atoms with Crippen molar-refractivity contribution in [3.05, 3.63) is 35.7 Å². The molecule has 0 atom stereocenters. The van der Waals surface area contributed by atoms with Crippen molar-refractivity contribution in [3.8, 4) is 12.0 Å². The van der Waals surface area contributed by atoms with Crippen LogP contribution in [0.3, 0.4) is 0 Å². The average molecular weight is 424 g/mol. The molecule has 2 aliphatic heterocycles. The maximum absolute atomic E-state index is 12.5. The molecule has 0 bridgehead atoms. The third-order valence-electron chi connectivity index (χ3n) is 6.24. The molecule has 0 aliphatic carbocycles. The van der Waals surface area contributed by atoms with E-state index in [0.717, 1.165) is 63.4 Å². The smallest absolute Gasteiger partial charge is 0.414 e. The first-order valence-electron chi connectivity index (χ1n) is 10.9. The normalized spacial score (nSPS) is 18.5. The number of anilines is 2. The van der Waals surface area contributed by atoms with E-state index < -0.39 is 6.09 Å². The van der Waals surface area contributed by atoms with Crippen LogP contribution < -0.4 is 15.0 Å². The molecule has 0 radical (unpaired) electrons. The minimum absolute atomic E-state index is 0.0155. The monoisotopic (exact) mass is 423 g/mol. The Morgan fingerprint density at radius 1 is 1.16 bits per heavy atom. The fraction of sp³-hybridized carbons (Fsp3) is 0.522. The van der Waals surface area contributed by atoms with Crippen LogP contribution in [-0.4, -0.2) is 49.2 Å². The molecule has 31 heavy (non-hydrogen) atoms. The average Bonchev–Trinajstić information content (AvgIpc) is 3.23. The van der Waals surface area contributed by atoms with Gasteiger partial charge in [-0.2, -0.15) is 5.26 Å². The number of pyridine rings is 1. The Balaban J connectivity index is 1.53. The van der Waals surface area contributed by atoms with Gasteiger partial charge in [-0.15, -0.1) is 0 Å². The van der Waals surface area contributed by atoms with Crippen LogP contribution >= 0.6 is 0 Å². The van der Waals surface area contributed by atoms with E-state index in [1.165, 1.54) is 12.1 Å². The van der Waals surface area contributed by atoms with Crippen molar-refractivity contribution in [3.63, 3.8) is 0 Å². The molecule has 1 amide bonds. The summed E-state index contributed by atoms with van der Waals surface area (Å²) in [7, 11) is 2.15. The van der Waals surface area contributed by atoms with E-state index in [0.29, 0.717) is 17.5 Å². The number of aromatic nitrogens is 1. The van der Waals surface area contributed by atoms with Crippen molar-refractivity contribution in [1.29, 1.82) is 5.26 Å². The SMILES string of the molecule is CC1CCN(c2nc(C3CCN(C)CC3)ccc2NC(=O)Oc2ccc(C#N)o2)CC1. The molecule has 0 saturated carbocycles. The van der Waals surface area contributed by atoms with Crippen molar-refractivity contribution >= 4 is 17.6 Å². The standard InChI is InChI=1S/C23H29N5O3/c1-16-7-13-28(14-8-16)22-20(26-23(29)31-21-6-3-18(15-24)30-21)5-4-19(25-22)17-9-11-27(2)12-10-17/h3-6,16-17H,7-14H2,1-2H3,(H,26,29). The Bertz CT molecular complexity index is 950. The van der Waals surface area contributed by atoms with E-state index in [-0.39, 0.29) is 11.7 Å². The second-order valence-corrected chi connectivity index (χ2v) is 8.60.